The molecule has 106 valence electrons. The molecule has 0 aromatic carbocycles. The molecule has 0 unspecified atom stereocenters. The van der Waals surface area contributed by atoms with Gasteiger partial charge in [0.25, 0.3) is 0 Å². The molecule has 2 aliphatic rings. The summed E-state index contributed by atoms with van der Waals surface area (Å²) in [5.74, 6) is 0.643. The molecule has 5 nitrogen and oxygen atoms in total. The molecule has 0 aromatic rings. The molecule has 1 aliphatic heterocycles. The maximum atomic E-state index is 12.1. The van der Waals surface area contributed by atoms with Crippen LogP contribution < -0.4 is 0 Å². The van der Waals surface area contributed by atoms with Crippen LogP contribution in [-0.2, 0) is 14.3 Å². The van der Waals surface area contributed by atoms with Crippen molar-refractivity contribution in [2.24, 2.45) is 5.92 Å². The second kappa shape index (κ2) is 6.70. The van der Waals surface area contributed by atoms with Gasteiger partial charge in [-0.2, -0.15) is 0 Å². The number of amides is 2. The molecule has 1 heterocycles. The zero-order valence-electron chi connectivity index (χ0n) is 11.5. The molecule has 1 saturated heterocycles. The van der Waals surface area contributed by atoms with Crippen molar-refractivity contribution in [1.29, 1.82) is 0 Å². The van der Waals surface area contributed by atoms with Gasteiger partial charge in [-0.05, 0) is 18.8 Å². The number of hydrogen-bond acceptors (Lipinski definition) is 3. The highest BCUT2D eigenvalue weighted by molar-refractivity contribution is 5.79. The van der Waals surface area contributed by atoms with E-state index in [0.29, 0.717) is 38.5 Å². The lowest BCUT2D eigenvalue weighted by atomic mass is 10.0. The maximum absolute atomic E-state index is 12.1. The normalized spacial score (nSPS) is 22.9. The first-order valence-electron chi connectivity index (χ1n) is 6.92. The van der Waals surface area contributed by atoms with Gasteiger partial charge in [0.15, 0.2) is 0 Å². The molecule has 0 saturated carbocycles. The molecule has 19 heavy (non-hydrogen) atoms. The molecule has 0 N–H and O–H groups in total. The van der Waals surface area contributed by atoms with E-state index in [-0.39, 0.29) is 18.4 Å². The molecule has 0 bridgehead atoms. The average Bonchev–Trinajstić information content (AvgIpc) is 2.92. The molecule has 0 aromatic heterocycles. The van der Waals surface area contributed by atoms with Crippen LogP contribution in [0, 0.1) is 5.92 Å². The molecule has 2 rings (SSSR count). The fourth-order valence-electron chi connectivity index (χ4n) is 2.64. The van der Waals surface area contributed by atoms with Gasteiger partial charge in [-0.3, -0.25) is 9.59 Å². The van der Waals surface area contributed by atoms with E-state index in [1.807, 2.05) is 4.90 Å². The van der Waals surface area contributed by atoms with E-state index in [9.17, 15) is 9.59 Å². The highest BCUT2D eigenvalue weighted by atomic mass is 16.5. The zero-order valence-corrected chi connectivity index (χ0v) is 11.5. The summed E-state index contributed by atoms with van der Waals surface area (Å²) < 4.78 is 4.84. The number of piperazine rings is 1. The third-order valence-electron chi connectivity index (χ3n) is 3.80. The fraction of sp³-hybridized carbons (Fsp3) is 0.714. The fourth-order valence-corrected chi connectivity index (χ4v) is 2.64. The highest BCUT2D eigenvalue weighted by Crippen LogP contribution is 2.21. The second-order valence-corrected chi connectivity index (χ2v) is 5.16. The van der Waals surface area contributed by atoms with Crippen LogP contribution >= 0.6 is 0 Å². The molecule has 1 atom stereocenters. The van der Waals surface area contributed by atoms with Gasteiger partial charge in [0.05, 0.1) is 0 Å². The van der Waals surface area contributed by atoms with E-state index in [0.717, 1.165) is 12.8 Å². The van der Waals surface area contributed by atoms with Gasteiger partial charge in [0.2, 0.25) is 11.8 Å². The number of hydrogen-bond donors (Lipinski definition) is 0. The van der Waals surface area contributed by atoms with E-state index in [1.54, 1.807) is 4.90 Å². The summed E-state index contributed by atoms with van der Waals surface area (Å²) in [6, 6.07) is 0. The molecule has 1 aliphatic carbocycles. The Bertz CT molecular complexity index is 360. The van der Waals surface area contributed by atoms with Crippen molar-refractivity contribution in [2.45, 2.75) is 19.3 Å². The Morgan fingerprint density at radius 2 is 1.79 bits per heavy atom. The molecular weight excluding hydrogens is 244 g/mol. The van der Waals surface area contributed by atoms with Gasteiger partial charge in [0, 0.05) is 39.7 Å². The molecule has 2 amide bonds. The first kappa shape index (κ1) is 14.1. The standard InChI is InChI=1S/C14H22N2O3/c1-19-11-14(18)16-8-6-15(7-9-16)13(17)10-12-4-2-3-5-12/h2,4,12H,3,5-11H2,1H3/t12-/m0/s1. The Hall–Kier alpha value is -1.36. The van der Waals surface area contributed by atoms with Crippen molar-refractivity contribution in [3.05, 3.63) is 12.2 Å². The summed E-state index contributed by atoms with van der Waals surface area (Å²) in [6.07, 6.45) is 7.10. The molecular formula is C14H22N2O3. The van der Waals surface area contributed by atoms with Crippen molar-refractivity contribution in [2.75, 3.05) is 39.9 Å². The van der Waals surface area contributed by atoms with Gasteiger partial charge in [0.1, 0.15) is 6.61 Å². The summed E-state index contributed by atoms with van der Waals surface area (Å²) >= 11 is 0. The van der Waals surface area contributed by atoms with E-state index in [2.05, 4.69) is 12.2 Å². The van der Waals surface area contributed by atoms with Crippen LogP contribution in [-0.4, -0.2) is 61.5 Å². The lowest BCUT2D eigenvalue weighted by Crippen LogP contribution is -2.51. The van der Waals surface area contributed by atoms with Gasteiger partial charge in [-0.25, -0.2) is 0 Å². The Labute approximate surface area is 114 Å². The summed E-state index contributed by atoms with van der Waals surface area (Å²) in [5, 5.41) is 0. The number of carbonyl (C=O) groups is 2. The first-order chi connectivity index (χ1) is 9.20. The van der Waals surface area contributed by atoms with Crippen LogP contribution in [0.5, 0.6) is 0 Å². The first-order valence-corrected chi connectivity index (χ1v) is 6.92. The lowest BCUT2D eigenvalue weighted by Gasteiger charge is -2.35. The van der Waals surface area contributed by atoms with Crippen LogP contribution in [0.4, 0.5) is 0 Å². The van der Waals surface area contributed by atoms with Crippen LogP contribution in [0.2, 0.25) is 0 Å². The molecule has 1 fully saturated rings. The Kier molecular flexibility index (Phi) is 4.96. The van der Waals surface area contributed by atoms with Crippen molar-refractivity contribution >= 4 is 11.8 Å². The summed E-state index contributed by atoms with van der Waals surface area (Å²) in [4.78, 5) is 27.4. The summed E-state index contributed by atoms with van der Waals surface area (Å²) in [5.41, 5.74) is 0. The maximum Gasteiger partial charge on any atom is 0.248 e. The monoisotopic (exact) mass is 266 g/mol. The number of allylic oxidation sites excluding steroid dienone is 2. The van der Waals surface area contributed by atoms with E-state index in [1.165, 1.54) is 7.11 Å². The van der Waals surface area contributed by atoms with E-state index >= 15 is 0 Å². The third kappa shape index (κ3) is 3.80. The predicted octanol–water partition coefficient (Wildman–Crippen LogP) is 0.660. The van der Waals surface area contributed by atoms with Gasteiger partial charge < -0.3 is 14.5 Å². The van der Waals surface area contributed by atoms with Crippen molar-refractivity contribution in [3.63, 3.8) is 0 Å². The molecule has 0 spiro atoms. The topological polar surface area (TPSA) is 49.9 Å². The minimum absolute atomic E-state index is 0.00771. The second-order valence-electron chi connectivity index (χ2n) is 5.16. The highest BCUT2D eigenvalue weighted by Gasteiger charge is 2.25. The van der Waals surface area contributed by atoms with Gasteiger partial charge >= 0.3 is 0 Å². The summed E-state index contributed by atoms with van der Waals surface area (Å²) in [7, 11) is 1.52. The van der Waals surface area contributed by atoms with Gasteiger partial charge in [-0.15, -0.1) is 0 Å². The van der Waals surface area contributed by atoms with Crippen molar-refractivity contribution < 1.29 is 14.3 Å². The van der Waals surface area contributed by atoms with Gasteiger partial charge in [-0.1, -0.05) is 12.2 Å². The average molecular weight is 266 g/mol. The zero-order chi connectivity index (χ0) is 13.7. The largest absolute Gasteiger partial charge is 0.375 e. The molecule has 0 radical (unpaired) electrons. The van der Waals surface area contributed by atoms with Crippen LogP contribution in [0.25, 0.3) is 0 Å². The SMILES string of the molecule is COCC(=O)N1CCN(C(=O)C[C@H]2C=CCC2)CC1. The third-order valence-corrected chi connectivity index (χ3v) is 3.80. The smallest absolute Gasteiger partial charge is 0.248 e. The van der Waals surface area contributed by atoms with Crippen LogP contribution in [0.3, 0.4) is 0 Å². The van der Waals surface area contributed by atoms with E-state index in [4.69, 9.17) is 4.74 Å². The number of carbonyl (C=O) groups excluding carboxylic acids is 2. The van der Waals surface area contributed by atoms with Crippen LogP contribution in [0.15, 0.2) is 12.2 Å². The number of nitrogens with zero attached hydrogens (tertiary/aromatic N) is 2. The minimum atomic E-state index is 0.00771. The molecule has 5 heteroatoms. The minimum Gasteiger partial charge on any atom is -0.375 e. The Balaban J connectivity index is 1.74. The Morgan fingerprint density at radius 3 is 2.32 bits per heavy atom. The van der Waals surface area contributed by atoms with Crippen molar-refractivity contribution in [1.82, 2.24) is 9.80 Å². The Morgan fingerprint density at radius 1 is 1.16 bits per heavy atom. The summed E-state index contributed by atoms with van der Waals surface area (Å²) in [6.45, 7) is 2.65. The van der Waals surface area contributed by atoms with Crippen LogP contribution in [0.1, 0.15) is 19.3 Å². The number of ether oxygens (including phenoxy) is 1. The predicted molar refractivity (Wildman–Crippen MR) is 71.5 cm³/mol. The number of rotatable bonds is 4. The number of methoxy groups -OCH3 is 1. The van der Waals surface area contributed by atoms with E-state index < -0.39 is 0 Å². The quantitative estimate of drug-likeness (QED) is 0.702. The lowest BCUT2D eigenvalue weighted by molar-refractivity contribution is -0.142. The van der Waals surface area contributed by atoms with Crippen molar-refractivity contribution in [3.8, 4) is 0 Å².